The van der Waals surface area contributed by atoms with E-state index in [1.165, 1.54) is 11.1 Å². The van der Waals surface area contributed by atoms with Gasteiger partial charge in [0.15, 0.2) is 0 Å². The summed E-state index contributed by atoms with van der Waals surface area (Å²) in [4.78, 5) is 0. The highest BCUT2D eigenvalue weighted by molar-refractivity contribution is 5.34. The van der Waals surface area contributed by atoms with Gasteiger partial charge in [-0.1, -0.05) is 36.4 Å². The van der Waals surface area contributed by atoms with Crippen molar-refractivity contribution in [3.63, 3.8) is 0 Å². The van der Waals surface area contributed by atoms with E-state index >= 15 is 0 Å². The summed E-state index contributed by atoms with van der Waals surface area (Å²) < 4.78 is 10.4. The first-order valence-electron chi connectivity index (χ1n) is 7.16. The molecule has 1 atom stereocenters. The Hall–Kier alpha value is -2.22. The largest absolute Gasteiger partial charge is 0.497 e. The smallest absolute Gasteiger partial charge is 0.118 e. The number of methoxy groups -OCH3 is 2. The molecule has 0 saturated heterocycles. The second-order valence-electron chi connectivity index (χ2n) is 4.96. The Kier molecular flexibility index (Phi) is 5.44. The van der Waals surface area contributed by atoms with Crippen LogP contribution >= 0.6 is 0 Å². The lowest BCUT2D eigenvalue weighted by molar-refractivity contribution is 0.414. The van der Waals surface area contributed by atoms with Crippen LogP contribution < -0.4 is 9.47 Å². The van der Waals surface area contributed by atoms with Gasteiger partial charge in [0.05, 0.1) is 14.2 Å². The Morgan fingerprint density at radius 1 is 0.857 bits per heavy atom. The summed E-state index contributed by atoms with van der Waals surface area (Å²) >= 11 is 0. The molecule has 0 bridgehead atoms. The third-order valence-electron chi connectivity index (χ3n) is 3.58. The molecule has 0 fully saturated rings. The van der Waals surface area contributed by atoms with Crippen molar-refractivity contribution >= 4 is 0 Å². The molecule has 0 heterocycles. The first-order valence-corrected chi connectivity index (χ1v) is 7.16. The quantitative estimate of drug-likeness (QED) is 0.720. The van der Waals surface area contributed by atoms with E-state index in [1.54, 1.807) is 14.2 Å². The van der Waals surface area contributed by atoms with Gasteiger partial charge in [-0.25, -0.2) is 0 Å². The minimum Gasteiger partial charge on any atom is -0.497 e. The highest BCUT2D eigenvalue weighted by Gasteiger charge is 2.09. The van der Waals surface area contributed by atoms with Crippen LogP contribution in [0.1, 0.15) is 24.0 Å². The Bertz CT molecular complexity index is 568. The van der Waals surface area contributed by atoms with Gasteiger partial charge >= 0.3 is 0 Å². The van der Waals surface area contributed by atoms with E-state index < -0.39 is 0 Å². The zero-order valence-electron chi connectivity index (χ0n) is 12.9. The Labute approximate surface area is 127 Å². The van der Waals surface area contributed by atoms with Gasteiger partial charge in [-0.05, 0) is 48.7 Å². The number of allylic oxidation sites excluding steroid dienone is 2. The van der Waals surface area contributed by atoms with Gasteiger partial charge in [0, 0.05) is 5.92 Å². The summed E-state index contributed by atoms with van der Waals surface area (Å²) in [5.74, 6) is 2.16. The van der Waals surface area contributed by atoms with E-state index in [1.807, 2.05) is 24.3 Å². The van der Waals surface area contributed by atoms with Crippen molar-refractivity contribution in [3.05, 3.63) is 71.8 Å². The fraction of sp³-hybridized carbons (Fsp3) is 0.263. The first-order chi connectivity index (χ1) is 10.3. The second kappa shape index (κ2) is 7.53. The molecule has 2 aromatic carbocycles. The van der Waals surface area contributed by atoms with Crippen LogP contribution in [0.15, 0.2) is 60.7 Å². The molecule has 0 aromatic heterocycles. The number of ether oxygens (including phenoxy) is 2. The van der Waals surface area contributed by atoms with Gasteiger partial charge in [0.1, 0.15) is 11.5 Å². The zero-order valence-corrected chi connectivity index (χ0v) is 12.9. The minimum atomic E-state index is 0.370. The Morgan fingerprint density at radius 2 is 1.38 bits per heavy atom. The molecule has 2 heteroatoms. The standard InChI is InChI=1S/C19H22O2/c1-4-5-17(16-8-12-19(21-3)13-9-16)14-15-6-10-18(20-2)11-7-15/h4-13,17H,14H2,1-3H3/b5-4+. The monoisotopic (exact) mass is 282 g/mol. The van der Waals surface area contributed by atoms with Gasteiger partial charge in [-0.2, -0.15) is 0 Å². The van der Waals surface area contributed by atoms with E-state index in [4.69, 9.17) is 9.47 Å². The van der Waals surface area contributed by atoms with E-state index in [9.17, 15) is 0 Å². The molecule has 2 aromatic rings. The lowest BCUT2D eigenvalue weighted by Crippen LogP contribution is -2.00. The first kappa shape index (κ1) is 15.2. The van der Waals surface area contributed by atoms with Crippen molar-refractivity contribution in [2.24, 2.45) is 0 Å². The van der Waals surface area contributed by atoms with Gasteiger partial charge in [-0.15, -0.1) is 0 Å². The molecule has 0 aliphatic rings. The summed E-state index contributed by atoms with van der Waals surface area (Å²) in [7, 11) is 3.38. The van der Waals surface area contributed by atoms with Crippen molar-refractivity contribution in [2.45, 2.75) is 19.3 Å². The normalized spacial score (nSPS) is 12.3. The number of hydrogen-bond acceptors (Lipinski definition) is 2. The topological polar surface area (TPSA) is 18.5 Å². The van der Waals surface area contributed by atoms with E-state index in [0.29, 0.717) is 5.92 Å². The van der Waals surface area contributed by atoms with Crippen LogP contribution in [-0.4, -0.2) is 14.2 Å². The average Bonchev–Trinajstić information content (AvgIpc) is 2.55. The number of benzene rings is 2. The van der Waals surface area contributed by atoms with Gasteiger partial charge in [-0.3, -0.25) is 0 Å². The lowest BCUT2D eigenvalue weighted by atomic mass is 9.91. The number of rotatable bonds is 6. The third kappa shape index (κ3) is 4.12. The van der Waals surface area contributed by atoms with Gasteiger partial charge in [0.2, 0.25) is 0 Å². The highest BCUT2D eigenvalue weighted by Crippen LogP contribution is 2.25. The fourth-order valence-corrected chi connectivity index (χ4v) is 2.40. The highest BCUT2D eigenvalue weighted by atomic mass is 16.5. The molecule has 0 saturated carbocycles. The lowest BCUT2D eigenvalue weighted by Gasteiger charge is -2.14. The molecule has 0 N–H and O–H groups in total. The molecule has 0 aliphatic heterocycles. The summed E-state index contributed by atoms with van der Waals surface area (Å²) in [6.07, 6.45) is 5.32. The predicted octanol–water partition coefficient (Wildman–Crippen LogP) is 4.61. The predicted molar refractivity (Wildman–Crippen MR) is 87.2 cm³/mol. The third-order valence-corrected chi connectivity index (χ3v) is 3.58. The molecule has 1 unspecified atom stereocenters. The van der Waals surface area contributed by atoms with Crippen molar-refractivity contribution in [1.82, 2.24) is 0 Å². The van der Waals surface area contributed by atoms with Crippen LogP contribution in [0.25, 0.3) is 0 Å². The summed E-state index contributed by atoms with van der Waals surface area (Å²) in [5, 5.41) is 0. The average molecular weight is 282 g/mol. The second-order valence-corrected chi connectivity index (χ2v) is 4.96. The van der Waals surface area contributed by atoms with Crippen molar-refractivity contribution < 1.29 is 9.47 Å². The molecule has 0 spiro atoms. The van der Waals surface area contributed by atoms with Crippen LogP contribution in [-0.2, 0) is 6.42 Å². The maximum Gasteiger partial charge on any atom is 0.118 e. The molecule has 2 nitrogen and oxygen atoms in total. The molecule has 0 amide bonds. The van der Waals surface area contributed by atoms with Crippen LogP contribution in [0.4, 0.5) is 0 Å². The molecular weight excluding hydrogens is 260 g/mol. The molecular formula is C19H22O2. The molecule has 2 rings (SSSR count). The van der Waals surface area contributed by atoms with Crippen LogP contribution in [0.5, 0.6) is 11.5 Å². The minimum absolute atomic E-state index is 0.370. The van der Waals surface area contributed by atoms with Crippen molar-refractivity contribution in [3.8, 4) is 11.5 Å². The van der Waals surface area contributed by atoms with Crippen molar-refractivity contribution in [2.75, 3.05) is 14.2 Å². The zero-order chi connectivity index (χ0) is 15.1. The molecule has 21 heavy (non-hydrogen) atoms. The summed E-state index contributed by atoms with van der Waals surface area (Å²) in [6.45, 7) is 2.06. The van der Waals surface area contributed by atoms with Crippen LogP contribution in [0.2, 0.25) is 0 Å². The van der Waals surface area contributed by atoms with Crippen molar-refractivity contribution in [1.29, 1.82) is 0 Å². The maximum absolute atomic E-state index is 5.22. The molecule has 0 aliphatic carbocycles. The SMILES string of the molecule is C/C=C/C(Cc1ccc(OC)cc1)c1ccc(OC)cc1. The summed E-state index contributed by atoms with van der Waals surface area (Å²) in [6, 6.07) is 16.6. The fourth-order valence-electron chi connectivity index (χ4n) is 2.40. The molecule has 0 radical (unpaired) electrons. The van der Waals surface area contributed by atoms with E-state index in [-0.39, 0.29) is 0 Å². The Morgan fingerprint density at radius 3 is 1.86 bits per heavy atom. The van der Waals surface area contributed by atoms with Gasteiger partial charge in [0.25, 0.3) is 0 Å². The van der Waals surface area contributed by atoms with Gasteiger partial charge < -0.3 is 9.47 Å². The van der Waals surface area contributed by atoms with E-state index in [0.717, 1.165) is 17.9 Å². The molecule has 110 valence electrons. The Balaban J connectivity index is 2.17. The number of hydrogen-bond donors (Lipinski definition) is 0. The summed E-state index contributed by atoms with van der Waals surface area (Å²) in [5.41, 5.74) is 2.60. The van der Waals surface area contributed by atoms with E-state index in [2.05, 4.69) is 43.3 Å². The van der Waals surface area contributed by atoms with Crippen LogP contribution in [0, 0.1) is 0 Å². The maximum atomic E-state index is 5.22. The van der Waals surface area contributed by atoms with Crippen LogP contribution in [0.3, 0.4) is 0 Å².